The summed E-state index contributed by atoms with van der Waals surface area (Å²) in [4.78, 5) is 0. The van der Waals surface area contributed by atoms with Crippen LogP contribution >= 0.6 is 0 Å². The summed E-state index contributed by atoms with van der Waals surface area (Å²) >= 11 is 0. The first kappa shape index (κ1) is 11.6. The van der Waals surface area contributed by atoms with Gasteiger partial charge in [0.1, 0.15) is 11.5 Å². The molecular formula is C10H9F3N4. The second-order valence-corrected chi connectivity index (χ2v) is 3.59. The van der Waals surface area contributed by atoms with Crippen molar-refractivity contribution < 1.29 is 13.2 Å². The lowest BCUT2D eigenvalue weighted by Crippen LogP contribution is -2.05. The standard InChI is InChI=1S/C10H9F3N4/c1-5(14)9-4-17(16-15-9)10-7(12)2-6(11)3-8(10)13/h2-5H,14H2,1H3. The highest BCUT2D eigenvalue weighted by molar-refractivity contribution is 5.34. The van der Waals surface area contributed by atoms with Crippen LogP contribution in [0.4, 0.5) is 13.2 Å². The number of rotatable bonds is 2. The Morgan fingerprint density at radius 3 is 2.29 bits per heavy atom. The number of nitrogens with two attached hydrogens (primary N) is 1. The molecule has 1 unspecified atom stereocenters. The third-order valence-electron chi connectivity index (χ3n) is 2.19. The predicted molar refractivity (Wildman–Crippen MR) is 53.8 cm³/mol. The number of aromatic nitrogens is 3. The Hall–Kier alpha value is -1.89. The summed E-state index contributed by atoms with van der Waals surface area (Å²) < 4.78 is 40.4. The Morgan fingerprint density at radius 2 is 1.82 bits per heavy atom. The molecule has 90 valence electrons. The molecule has 7 heteroatoms. The first-order valence-corrected chi connectivity index (χ1v) is 4.82. The molecule has 0 aliphatic rings. The largest absolute Gasteiger partial charge is 0.323 e. The van der Waals surface area contributed by atoms with Crippen LogP contribution in [0.1, 0.15) is 18.7 Å². The summed E-state index contributed by atoms with van der Waals surface area (Å²) in [6, 6.07) is 0.743. The smallest absolute Gasteiger partial charge is 0.154 e. The molecule has 0 radical (unpaired) electrons. The fourth-order valence-corrected chi connectivity index (χ4v) is 1.35. The van der Waals surface area contributed by atoms with E-state index < -0.39 is 29.2 Å². The third-order valence-corrected chi connectivity index (χ3v) is 2.19. The van der Waals surface area contributed by atoms with Gasteiger partial charge >= 0.3 is 0 Å². The SMILES string of the molecule is CC(N)c1cn(-c2c(F)cc(F)cc2F)nn1. The van der Waals surface area contributed by atoms with Gasteiger partial charge in [-0.05, 0) is 6.92 Å². The second kappa shape index (κ2) is 4.17. The van der Waals surface area contributed by atoms with Crippen molar-refractivity contribution in [3.8, 4) is 5.69 Å². The topological polar surface area (TPSA) is 56.7 Å². The van der Waals surface area contributed by atoms with E-state index in [1.165, 1.54) is 6.20 Å². The Bertz CT molecular complexity index is 527. The Balaban J connectivity index is 2.52. The Morgan fingerprint density at radius 1 is 1.24 bits per heavy atom. The van der Waals surface area contributed by atoms with E-state index >= 15 is 0 Å². The minimum absolute atomic E-state index is 0.383. The molecule has 0 bridgehead atoms. The molecule has 0 saturated carbocycles. The minimum Gasteiger partial charge on any atom is -0.323 e. The van der Waals surface area contributed by atoms with Crippen LogP contribution in [0.3, 0.4) is 0 Å². The van der Waals surface area contributed by atoms with Gasteiger partial charge in [0.15, 0.2) is 11.6 Å². The summed E-state index contributed by atoms with van der Waals surface area (Å²) in [6.07, 6.45) is 1.30. The normalized spacial score (nSPS) is 12.8. The van der Waals surface area contributed by atoms with Gasteiger partial charge in [-0.1, -0.05) is 5.21 Å². The quantitative estimate of drug-likeness (QED) is 0.872. The zero-order valence-electron chi connectivity index (χ0n) is 8.86. The average molecular weight is 242 g/mol. The van der Waals surface area contributed by atoms with Gasteiger partial charge in [0.05, 0.1) is 11.9 Å². The molecule has 1 aromatic heterocycles. The lowest BCUT2D eigenvalue weighted by atomic mass is 10.2. The first-order chi connectivity index (χ1) is 7.99. The van der Waals surface area contributed by atoms with Gasteiger partial charge in [0, 0.05) is 18.2 Å². The molecule has 0 spiro atoms. The highest BCUT2D eigenvalue weighted by Gasteiger charge is 2.16. The molecule has 2 rings (SSSR count). The lowest BCUT2D eigenvalue weighted by Gasteiger charge is -2.03. The van der Waals surface area contributed by atoms with E-state index in [0.717, 1.165) is 4.68 Å². The maximum absolute atomic E-state index is 13.4. The average Bonchev–Trinajstić information content (AvgIpc) is 2.65. The number of benzene rings is 1. The van der Waals surface area contributed by atoms with Crippen molar-refractivity contribution in [3.63, 3.8) is 0 Å². The molecule has 4 nitrogen and oxygen atoms in total. The monoisotopic (exact) mass is 242 g/mol. The third kappa shape index (κ3) is 2.14. The molecule has 0 aliphatic carbocycles. The second-order valence-electron chi connectivity index (χ2n) is 3.59. The molecule has 1 atom stereocenters. The fourth-order valence-electron chi connectivity index (χ4n) is 1.35. The van der Waals surface area contributed by atoms with E-state index in [0.29, 0.717) is 17.8 Å². The van der Waals surface area contributed by atoms with Crippen LogP contribution < -0.4 is 5.73 Å². The van der Waals surface area contributed by atoms with E-state index in [9.17, 15) is 13.2 Å². The van der Waals surface area contributed by atoms with Crippen LogP contribution in [-0.4, -0.2) is 15.0 Å². The predicted octanol–water partition coefficient (Wildman–Crippen LogP) is 1.70. The lowest BCUT2D eigenvalue weighted by molar-refractivity contribution is 0.526. The maximum Gasteiger partial charge on any atom is 0.154 e. The molecule has 1 heterocycles. The van der Waals surface area contributed by atoms with Gasteiger partial charge < -0.3 is 5.73 Å². The van der Waals surface area contributed by atoms with E-state index in [4.69, 9.17) is 5.73 Å². The number of nitrogens with zero attached hydrogens (tertiary/aromatic N) is 3. The van der Waals surface area contributed by atoms with Gasteiger partial charge in [-0.15, -0.1) is 5.10 Å². The zero-order valence-corrected chi connectivity index (χ0v) is 8.86. The fraction of sp³-hybridized carbons (Fsp3) is 0.200. The molecule has 0 fully saturated rings. The van der Waals surface area contributed by atoms with Gasteiger partial charge in [-0.25, -0.2) is 17.9 Å². The van der Waals surface area contributed by atoms with Crippen molar-refractivity contribution in [2.75, 3.05) is 0 Å². The van der Waals surface area contributed by atoms with Crippen LogP contribution in [0.25, 0.3) is 5.69 Å². The molecule has 17 heavy (non-hydrogen) atoms. The van der Waals surface area contributed by atoms with Crippen molar-refractivity contribution >= 4 is 0 Å². The maximum atomic E-state index is 13.4. The summed E-state index contributed by atoms with van der Waals surface area (Å²) in [7, 11) is 0. The van der Waals surface area contributed by atoms with E-state index in [-0.39, 0.29) is 0 Å². The van der Waals surface area contributed by atoms with Gasteiger partial charge in [0.25, 0.3) is 0 Å². The van der Waals surface area contributed by atoms with Crippen molar-refractivity contribution in [1.29, 1.82) is 0 Å². The Labute approximate surface area is 94.9 Å². The number of hydrogen-bond acceptors (Lipinski definition) is 3. The number of hydrogen-bond donors (Lipinski definition) is 1. The van der Waals surface area contributed by atoms with Gasteiger partial charge in [-0.3, -0.25) is 0 Å². The van der Waals surface area contributed by atoms with E-state index in [1.54, 1.807) is 6.92 Å². The van der Waals surface area contributed by atoms with Crippen molar-refractivity contribution in [2.45, 2.75) is 13.0 Å². The van der Waals surface area contributed by atoms with Crippen LogP contribution in [0.15, 0.2) is 18.3 Å². The van der Waals surface area contributed by atoms with Crippen LogP contribution in [0.5, 0.6) is 0 Å². The highest BCUT2D eigenvalue weighted by Crippen LogP contribution is 2.19. The first-order valence-electron chi connectivity index (χ1n) is 4.82. The van der Waals surface area contributed by atoms with E-state index in [1.807, 2.05) is 0 Å². The van der Waals surface area contributed by atoms with E-state index in [2.05, 4.69) is 10.3 Å². The van der Waals surface area contributed by atoms with Gasteiger partial charge in [-0.2, -0.15) is 0 Å². The molecule has 0 amide bonds. The van der Waals surface area contributed by atoms with Crippen LogP contribution in [0, 0.1) is 17.5 Å². The molecule has 0 aliphatic heterocycles. The van der Waals surface area contributed by atoms with Crippen molar-refractivity contribution in [3.05, 3.63) is 41.5 Å². The van der Waals surface area contributed by atoms with Gasteiger partial charge in [0.2, 0.25) is 0 Å². The summed E-state index contributed by atoms with van der Waals surface area (Å²) in [6.45, 7) is 1.66. The summed E-state index contributed by atoms with van der Waals surface area (Å²) in [5.74, 6) is -3.09. The number of halogens is 3. The highest BCUT2D eigenvalue weighted by atomic mass is 19.1. The van der Waals surface area contributed by atoms with Crippen molar-refractivity contribution in [2.24, 2.45) is 5.73 Å². The molecule has 0 saturated heterocycles. The van der Waals surface area contributed by atoms with Crippen LogP contribution in [0.2, 0.25) is 0 Å². The molecule has 2 aromatic rings. The van der Waals surface area contributed by atoms with Crippen LogP contribution in [-0.2, 0) is 0 Å². The molecule has 1 aromatic carbocycles. The van der Waals surface area contributed by atoms with Crippen molar-refractivity contribution in [1.82, 2.24) is 15.0 Å². The molecular weight excluding hydrogens is 233 g/mol. The molecule has 2 N–H and O–H groups in total. The minimum atomic E-state index is -1.05. The summed E-state index contributed by atoms with van der Waals surface area (Å²) in [5, 5.41) is 7.20. The summed E-state index contributed by atoms with van der Waals surface area (Å²) in [5.41, 5.74) is 5.44. The Kier molecular flexibility index (Phi) is 2.84. The zero-order chi connectivity index (χ0) is 12.6.